The summed E-state index contributed by atoms with van der Waals surface area (Å²) in [7, 11) is 1.80. The van der Waals surface area contributed by atoms with Crippen LogP contribution < -0.4 is 10.6 Å². The molecule has 0 aliphatic carbocycles. The Kier molecular flexibility index (Phi) is 9.44. The molecule has 0 fully saturated rings. The van der Waals surface area contributed by atoms with E-state index in [2.05, 4.69) is 34.6 Å². The number of nitrogens with one attached hydrogen (secondary N) is 2. The van der Waals surface area contributed by atoms with Gasteiger partial charge in [-0.2, -0.15) is 5.10 Å². The molecule has 2 aromatic rings. The summed E-state index contributed by atoms with van der Waals surface area (Å²) in [6.45, 7) is 6.11. The fraction of sp³-hybridized carbons (Fsp3) is 0.444. The number of rotatable bonds is 7. The Hall–Kier alpha value is -1.57. The normalized spacial score (nSPS) is 11.2. The van der Waals surface area contributed by atoms with Gasteiger partial charge in [-0.15, -0.1) is 24.0 Å². The van der Waals surface area contributed by atoms with Crippen LogP contribution in [0.5, 0.6) is 0 Å². The third-order valence-electron chi connectivity index (χ3n) is 4.05. The minimum atomic E-state index is 0. The molecule has 0 saturated carbocycles. The molecule has 1 aromatic carbocycles. The monoisotopic (exact) mass is 441 g/mol. The van der Waals surface area contributed by atoms with E-state index in [1.165, 1.54) is 12.8 Å². The van der Waals surface area contributed by atoms with Gasteiger partial charge in [-0.05, 0) is 18.1 Å². The van der Waals surface area contributed by atoms with Gasteiger partial charge in [0.2, 0.25) is 0 Å². The summed E-state index contributed by atoms with van der Waals surface area (Å²) in [5.41, 5.74) is 2.19. The Balaban J connectivity index is 0.00000288. The zero-order chi connectivity index (χ0) is 16.5. The van der Waals surface area contributed by atoms with Crippen LogP contribution in [0.4, 0.5) is 0 Å². The van der Waals surface area contributed by atoms with E-state index >= 15 is 0 Å². The zero-order valence-corrected chi connectivity index (χ0v) is 17.0. The zero-order valence-electron chi connectivity index (χ0n) is 14.7. The Labute approximate surface area is 162 Å². The number of hydrogen-bond acceptors (Lipinski definition) is 2. The first-order valence-corrected chi connectivity index (χ1v) is 8.30. The lowest BCUT2D eigenvalue weighted by molar-refractivity contribution is 0.481. The van der Waals surface area contributed by atoms with Crippen molar-refractivity contribution in [3.8, 4) is 5.69 Å². The number of benzene rings is 1. The number of aliphatic imine (C=N–C) groups is 1. The molecule has 2 N–H and O–H groups in total. The molecule has 5 nitrogen and oxygen atoms in total. The lowest BCUT2D eigenvalue weighted by atomic mass is 10.0. The molecule has 0 bridgehead atoms. The third-order valence-corrected chi connectivity index (χ3v) is 4.05. The molecule has 132 valence electrons. The molecular formula is C18H28IN5. The first kappa shape index (κ1) is 20.5. The van der Waals surface area contributed by atoms with Gasteiger partial charge in [0.1, 0.15) is 0 Å². The van der Waals surface area contributed by atoms with Crippen molar-refractivity contribution >= 4 is 29.9 Å². The van der Waals surface area contributed by atoms with Gasteiger partial charge in [0.25, 0.3) is 0 Å². The highest BCUT2D eigenvalue weighted by Gasteiger charge is 2.06. The highest BCUT2D eigenvalue weighted by atomic mass is 127. The predicted octanol–water partition coefficient (Wildman–Crippen LogP) is 3.59. The topological polar surface area (TPSA) is 54.2 Å². The molecule has 1 heterocycles. The van der Waals surface area contributed by atoms with Gasteiger partial charge < -0.3 is 10.6 Å². The number of aromatic nitrogens is 2. The molecule has 0 amide bonds. The summed E-state index contributed by atoms with van der Waals surface area (Å²) < 4.78 is 1.89. The Morgan fingerprint density at radius 1 is 1.17 bits per heavy atom. The van der Waals surface area contributed by atoms with Gasteiger partial charge in [-0.25, -0.2) is 4.68 Å². The van der Waals surface area contributed by atoms with Crippen molar-refractivity contribution in [3.05, 3.63) is 48.3 Å². The van der Waals surface area contributed by atoms with Crippen LogP contribution in [0, 0.1) is 5.92 Å². The number of hydrogen-bond donors (Lipinski definition) is 2. The SMILES string of the molecule is CCC(CC)CNC(=NC)NCc1cnn(-c2ccccc2)c1.I. The van der Waals surface area contributed by atoms with Gasteiger partial charge in [0, 0.05) is 31.9 Å². The first-order chi connectivity index (χ1) is 11.3. The second kappa shape index (κ2) is 11.1. The molecule has 24 heavy (non-hydrogen) atoms. The van der Waals surface area contributed by atoms with Crippen molar-refractivity contribution in [1.82, 2.24) is 20.4 Å². The van der Waals surface area contributed by atoms with Crippen molar-refractivity contribution in [2.45, 2.75) is 33.2 Å². The Morgan fingerprint density at radius 2 is 1.88 bits per heavy atom. The van der Waals surface area contributed by atoms with E-state index in [1.807, 2.05) is 47.4 Å². The second-order valence-corrected chi connectivity index (χ2v) is 5.62. The first-order valence-electron chi connectivity index (χ1n) is 8.30. The van der Waals surface area contributed by atoms with Crippen LogP contribution in [0.1, 0.15) is 32.3 Å². The summed E-state index contributed by atoms with van der Waals surface area (Å²) in [6, 6.07) is 10.1. The Bertz CT molecular complexity index is 605. The summed E-state index contributed by atoms with van der Waals surface area (Å²) >= 11 is 0. The van der Waals surface area contributed by atoms with Crippen LogP contribution in [-0.4, -0.2) is 29.3 Å². The molecule has 0 aliphatic heterocycles. The number of guanidine groups is 1. The van der Waals surface area contributed by atoms with Gasteiger partial charge in [-0.3, -0.25) is 4.99 Å². The van der Waals surface area contributed by atoms with E-state index < -0.39 is 0 Å². The molecule has 0 atom stereocenters. The minimum absolute atomic E-state index is 0. The van der Waals surface area contributed by atoms with E-state index in [0.717, 1.165) is 23.8 Å². The lowest BCUT2D eigenvalue weighted by Crippen LogP contribution is -2.39. The van der Waals surface area contributed by atoms with Gasteiger partial charge in [0.15, 0.2) is 5.96 Å². The molecular weight excluding hydrogens is 413 g/mol. The number of halogens is 1. The van der Waals surface area contributed by atoms with Crippen LogP contribution in [0.2, 0.25) is 0 Å². The van der Waals surface area contributed by atoms with E-state index in [-0.39, 0.29) is 24.0 Å². The predicted molar refractivity (Wildman–Crippen MR) is 111 cm³/mol. The van der Waals surface area contributed by atoms with Crippen molar-refractivity contribution < 1.29 is 0 Å². The van der Waals surface area contributed by atoms with E-state index in [1.54, 1.807) is 7.05 Å². The standard InChI is InChI=1S/C18H27N5.HI/c1-4-15(5-2)11-20-18(19-3)21-12-16-13-22-23(14-16)17-9-7-6-8-10-17;/h6-10,13-15H,4-5,11-12H2,1-3H3,(H2,19,20,21);1H. The third kappa shape index (κ3) is 6.14. The fourth-order valence-electron chi connectivity index (χ4n) is 2.40. The second-order valence-electron chi connectivity index (χ2n) is 5.62. The molecule has 2 rings (SSSR count). The maximum atomic E-state index is 4.41. The fourth-order valence-corrected chi connectivity index (χ4v) is 2.40. The van der Waals surface area contributed by atoms with Crippen molar-refractivity contribution in [2.24, 2.45) is 10.9 Å². The molecule has 0 saturated heterocycles. The minimum Gasteiger partial charge on any atom is -0.356 e. The molecule has 0 aliphatic rings. The summed E-state index contributed by atoms with van der Waals surface area (Å²) in [5, 5.41) is 11.1. The smallest absolute Gasteiger partial charge is 0.191 e. The number of para-hydroxylation sites is 1. The molecule has 0 unspecified atom stereocenters. The average Bonchev–Trinajstić information content (AvgIpc) is 3.08. The summed E-state index contributed by atoms with van der Waals surface area (Å²) in [4.78, 5) is 4.28. The largest absolute Gasteiger partial charge is 0.356 e. The van der Waals surface area contributed by atoms with E-state index in [9.17, 15) is 0 Å². The van der Waals surface area contributed by atoms with E-state index in [0.29, 0.717) is 12.5 Å². The molecule has 6 heteroatoms. The van der Waals surface area contributed by atoms with Crippen LogP contribution >= 0.6 is 24.0 Å². The number of nitrogens with zero attached hydrogens (tertiary/aromatic N) is 3. The quantitative estimate of drug-likeness (QED) is 0.392. The van der Waals surface area contributed by atoms with Crippen LogP contribution in [-0.2, 0) is 6.54 Å². The maximum absolute atomic E-state index is 4.41. The Morgan fingerprint density at radius 3 is 2.50 bits per heavy atom. The molecule has 0 spiro atoms. The molecule has 1 aromatic heterocycles. The van der Waals surface area contributed by atoms with Gasteiger partial charge in [-0.1, -0.05) is 44.9 Å². The summed E-state index contributed by atoms with van der Waals surface area (Å²) in [6.07, 6.45) is 6.29. The van der Waals surface area contributed by atoms with Crippen LogP contribution in [0.25, 0.3) is 5.69 Å². The van der Waals surface area contributed by atoms with Gasteiger partial charge >= 0.3 is 0 Å². The highest BCUT2D eigenvalue weighted by Crippen LogP contribution is 2.07. The van der Waals surface area contributed by atoms with Crippen LogP contribution in [0.15, 0.2) is 47.7 Å². The van der Waals surface area contributed by atoms with Crippen molar-refractivity contribution in [2.75, 3.05) is 13.6 Å². The van der Waals surface area contributed by atoms with Crippen molar-refractivity contribution in [3.63, 3.8) is 0 Å². The maximum Gasteiger partial charge on any atom is 0.191 e. The van der Waals surface area contributed by atoms with Gasteiger partial charge in [0.05, 0.1) is 11.9 Å². The summed E-state index contributed by atoms with van der Waals surface area (Å²) in [5.74, 6) is 1.53. The lowest BCUT2D eigenvalue weighted by Gasteiger charge is -2.16. The van der Waals surface area contributed by atoms with Crippen molar-refractivity contribution in [1.29, 1.82) is 0 Å². The molecule has 0 radical (unpaired) electrons. The van der Waals surface area contributed by atoms with Crippen LogP contribution in [0.3, 0.4) is 0 Å². The average molecular weight is 441 g/mol. The van der Waals surface area contributed by atoms with E-state index in [4.69, 9.17) is 0 Å². The highest BCUT2D eigenvalue weighted by molar-refractivity contribution is 14.0.